The van der Waals surface area contributed by atoms with Gasteiger partial charge in [0.2, 0.25) is 0 Å². The summed E-state index contributed by atoms with van der Waals surface area (Å²) in [4.78, 5) is 18.6. The molecule has 0 aliphatic carbocycles. The van der Waals surface area contributed by atoms with Crippen molar-refractivity contribution in [2.45, 2.75) is 52.2 Å². The second-order valence-corrected chi connectivity index (χ2v) is 6.48. The summed E-state index contributed by atoms with van der Waals surface area (Å²) in [5.74, 6) is 0.975. The van der Waals surface area contributed by atoms with E-state index in [1.54, 1.807) is 6.07 Å². The molecule has 0 amide bonds. The molecule has 1 fully saturated rings. The molecule has 1 N–H and O–H groups in total. The summed E-state index contributed by atoms with van der Waals surface area (Å²) in [6, 6.07) is 5.42. The van der Waals surface area contributed by atoms with Gasteiger partial charge in [0, 0.05) is 51.6 Å². The first-order chi connectivity index (χ1) is 12.2. The third-order valence-electron chi connectivity index (χ3n) is 4.72. The Morgan fingerprint density at radius 2 is 2.08 bits per heavy atom. The van der Waals surface area contributed by atoms with E-state index in [1.807, 2.05) is 30.7 Å². The monoisotopic (exact) mass is 348 g/mol. The Morgan fingerprint density at radius 3 is 2.72 bits per heavy atom. The number of hydrogen-bond acceptors (Lipinski definition) is 3. The molecule has 1 aromatic heterocycles. The third-order valence-corrected chi connectivity index (χ3v) is 4.72. The van der Waals surface area contributed by atoms with E-state index in [0.29, 0.717) is 6.10 Å². The van der Waals surface area contributed by atoms with Crippen LogP contribution < -0.4 is 10.9 Å². The lowest BCUT2D eigenvalue weighted by molar-refractivity contribution is 0.0264. The van der Waals surface area contributed by atoms with Crippen molar-refractivity contribution in [3.05, 3.63) is 34.2 Å². The molecule has 2 heterocycles. The molecular weight excluding hydrogens is 316 g/mol. The molecule has 0 bridgehead atoms. The smallest absolute Gasteiger partial charge is 0.250 e. The first-order valence-corrected chi connectivity index (χ1v) is 9.39. The van der Waals surface area contributed by atoms with E-state index in [9.17, 15) is 4.79 Å². The van der Waals surface area contributed by atoms with Crippen LogP contribution in [0, 0.1) is 6.92 Å². The van der Waals surface area contributed by atoms with Gasteiger partial charge in [0.15, 0.2) is 5.96 Å². The minimum atomic E-state index is 0.0842. The molecular formula is C19H32N4O2. The Labute approximate surface area is 150 Å². The largest absolute Gasteiger partial charge is 0.378 e. The minimum absolute atomic E-state index is 0.0842. The summed E-state index contributed by atoms with van der Waals surface area (Å²) in [7, 11) is 1.84. The molecule has 0 atom stereocenters. The first-order valence-electron chi connectivity index (χ1n) is 9.39. The zero-order valence-electron chi connectivity index (χ0n) is 15.8. The fraction of sp³-hybridized carbons (Fsp3) is 0.684. The molecule has 0 spiro atoms. The second kappa shape index (κ2) is 10.2. The molecule has 6 heteroatoms. The Kier molecular flexibility index (Phi) is 7.98. The van der Waals surface area contributed by atoms with Crippen LogP contribution in [-0.4, -0.2) is 54.8 Å². The van der Waals surface area contributed by atoms with Gasteiger partial charge in [-0.1, -0.05) is 6.07 Å². The predicted octanol–water partition coefficient (Wildman–Crippen LogP) is 2.01. The summed E-state index contributed by atoms with van der Waals surface area (Å²) in [6.07, 6.45) is 4.50. The molecule has 25 heavy (non-hydrogen) atoms. The Bertz CT molecular complexity index is 604. The number of unbranched alkanes of at least 4 members (excludes halogenated alkanes) is 1. The molecule has 2 rings (SSSR count). The number of nitrogens with zero attached hydrogens (tertiary/aromatic N) is 3. The van der Waals surface area contributed by atoms with Crippen molar-refractivity contribution >= 4 is 5.96 Å². The van der Waals surface area contributed by atoms with Crippen molar-refractivity contribution < 1.29 is 4.74 Å². The van der Waals surface area contributed by atoms with E-state index < -0.39 is 0 Å². The highest BCUT2D eigenvalue weighted by molar-refractivity contribution is 5.79. The lowest BCUT2D eigenvalue weighted by Crippen LogP contribution is -2.47. The van der Waals surface area contributed by atoms with E-state index in [1.165, 1.54) is 0 Å². The highest BCUT2D eigenvalue weighted by Gasteiger charge is 2.21. The van der Waals surface area contributed by atoms with Gasteiger partial charge >= 0.3 is 0 Å². The number of aromatic nitrogens is 1. The quantitative estimate of drug-likeness (QED) is 0.465. The summed E-state index contributed by atoms with van der Waals surface area (Å²) in [6.45, 7) is 8.45. The average Bonchev–Trinajstić information content (AvgIpc) is 2.61. The van der Waals surface area contributed by atoms with Crippen molar-refractivity contribution in [2.24, 2.45) is 4.99 Å². The molecule has 0 radical (unpaired) electrons. The SMILES string of the molecule is CCOC1CCN(C(=NC)NCCCCn2c(C)cccc2=O)CC1. The Hall–Kier alpha value is -1.82. The fourth-order valence-electron chi connectivity index (χ4n) is 3.31. The van der Waals surface area contributed by atoms with Crippen LogP contribution in [0.3, 0.4) is 0 Å². The zero-order valence-corrected chi connectivity index (χ0v) is 15.8. The maximum absolute atomic E-state index is 11.8. The van der Waals surface area contributed by atoms with Crippen LogP contribution in [0.15, 0.2) is 28.0 Å². The lowest BCUT2D eigenvalue weighted by atomic mass is 10.1. The van der Waals surface area contributed by atoms with Gasteiger partial charge in [0.05, 0.1) is 6.10 Å². The third kappa shape index (κ3) is 5.88. The Morgan fingerprint density at radius 1 is 1.32 bits per heavy atom. The van der Waals surface area contributed by atoms with Crippen molar-refractivity contribution in [1.29, 1.82) is 0 Å². The van der Waals surface area contributed by atoms with Gasteiger partial charge in [-0.2, -0.15) is 0 Å². The number of hydrogen-bond donors (Lipinski definition) is 1. The average molecular weight is 348 g/mol. The molecule has 1 aromatic rings. The van der Waals surface area contributed by atoms with Crippen LogP contribution in [0.1, 0.15) is 38.3 Å². The zero-order chi connectivity index (χ0) is 18.1. The van der Waals surface area contributed by atoms with E-state index >= 15 is 0 Å². The van der Waals surface area contributed by atoms with Crippen LogP contribution >= 0.6 is 0 Å². The van der Waals surface area contributed by atoms with Crippen LogP contribution in [0.2, 0.25) is 0 Å². The molecule has 1 saturated heterocycles. The summed E-state index contributed by atoms with van der Waals surface area (Å²) in [5.41, 5.74) is 1.11. The first kappa shape index (κ1) is 19.5. The van der Waals surface area contributed by atoms with Crippen LogP contribution in [-0.2, 0) is 11.3 Å². The minimum Gasteiger partial charge on any atom is -0.378 e. The standard InChI is InChI=1S/C19H32N4O2/c1-4-25-17-10-14-22(15-11-17)19(20-3)21-12-5-6-13-23-16(2)8-7-9-18(23)24/h7-9,17H,4-6,10-15H2,1-3H3,(H,20,21). The lowest BCUT2D eigenvalue weighted by Gasteiger charge is -2.34. The van der Waals surface area contributed by atoms with E-state index in [0.717, 1.165) is 70.1 Å². The molecule has 0 saturated carbocycles. The van der Waals surface area contributed by atoms with Gasteiger partial charge in [-0.25, -0.2) is 0 Å². The predicted molar refractivity (Wildman–Crippen MR) is 102 cm³/mol. The van der Waals surface area contributed by atoms with Gasteiger partial charge in [0.1, 0.15) is 0 Å². The van der Waals surface area contributed by atoms with Crippen molar-refractivity contribution in [1.82, 2.24) is 14.8 Å². The van der Waals surface area contributed by atoms with Gasteiger partial charge < -0.3 is 19.5 Å². The molecule has 1 aliphatic heterocycles. The summed E-state index contributed by atoms with van der Waals surface area (Å²) in [5, 5.41) is 3.45. The number of ether oxygens (including phenoxy) is 1. The number of nitrogens with one attached hydrogen (secondary N) is 1. The number of rotatable bonds is 7. The number of piperidine rings is 1. The van der Waals surface area contributed by atoms with Gasteiger partial charge in [-0.3, -0.25) is 9.79 Å². The van der Waals surface area contributed by atoms with Crippen molar-refractivity contribution in [2.75, 3.05) is 33.3 Å². The number of guanidine groups is 1. The topological polar surface area (TPSA) is 58.9 Å². The maximum Gasteiger partial charge on any atom is 0.250 e. The van der Waals surface area contributed by atoms with Gasteiger partial charge in [-0.15, -0.1) is 0 Å². The summed E-state index contributed by atoms with van der Waals surface area (Å²) >= 11 is 0. The molecule has 140 valence electrons. The highest BCUT2D eigenvalue weighted by Crippen LogP contribution is 2.13. The van der Waals surface area contributed by atoms with Crippen LogP contribution in [0.25, 0.3) is 0 Å². The number of pyridine rings is 1. The summed E-state index contributed by atoms with van der Waals surface area (Å²) < 4.78 is 7.54. The van der Waals surface area contributed by atoms with E-state index in [2.05, 4.69) is 22.1 Å². The van der Waals surface area contributed by atoms with Crippen molar-refractivity contribution in [3.8, 4) is 0 Å². The van der Waals surface area contributed by atoms with Gasteiger partial charge in [0.25, 0.3) is 5.56 Å². The van der Waals surface area contributed by atoms with Crippen LogP contribution in [0.4, 0.5) is 0 Å². The molecule has 6 nitrogen and oxygen atoms in total. The molecule has 1 aliphatic rings. The maximum atomic E-state index is 11.8. The van der Waals surface area contributed by atoms with E-state index in [4.69, 9.17) is 4.74 Å². The number of likely N-dealkylation sites (tertiary alicyclic amines) is 1. The number of aliphatic imine (C=N–C) groups is 1. The van der Waals surface area contributed by atoms with Gasteiger partial charge in [-0.05, 0) is 45.6 Å². The van der Waals surface area contributed by atoms with Crippen molar-refractivity contribution in [3.63, 3.8) is 0 Å². The molecule has 0 aromatic carbocycles. The number of aryl methyl sites for hydroxylation is 1. The Balaban J connectivity index is 1.69. The normalized spacial score (nSPS) is 16.3. The fourth-order valence-corrected chi connectivity index (χ4v) is 3.31. The van der Waals surface area contributed by atoms with Crippen LogP contribution in [0.5, 0.6) is 0 Å². The van der Waals surface area contributed by atoms with E-state index in [-0.39, 0.29) is 5.56 Å². The second-order valence-electron chi connectivity index (χ2n) is 6.48. The highest BCUT2D eigenvalue weighted by atomic mass is 16.5. The molecule has 0 unspecified atom stereocenters.